The van der Waals surface area contributed by atoms with E-state index in [1.807, 2.05) is 95.0 Å². The van der Waals surface area contributed by atoms with Crippen LogP contribution < -0.4 is 24.4 Å². The van der Waals surface area contributed by atoms with Crippen LogP contribution >= 0.6 is 0 Å². The number of hydrogen-bond donors (Lipinski definition) is 1. The maximum atomic E-state index is 14.3. The number of aryl methyl sites for hydroxylation is 3. The first-order valence-electron chi connectivity index (χ1n) is 19.2. The molecule has 0 radical (unpaired) electrons. The molecular formula is C43H56N6O5. The summed E-state index contributed by atoms with van der Waals surface area (Å²) in [5.74, 6) is 2.10. The molecule has 1 atom stereocenters. The molecule has 0 spiro atoms. The SMILES string of the molecule is CCN(CC)C(=O)C(C)Cc1ccc(N(C(=O)Oc2c(C)cc(C)cc2C)c2ccnc(Nc3cccc(OCCCN4CCCCC4)c3)n2)c(OC)c1. The second-order valence-electron chi connectivity index (χ2n) is 14.0. The summed E-state index contributed by atoms with van der Waals surface area (Å²) in [6.07, 6.45) is 6.30. The molecule has 1 aliphatic heterocycles. The van der Waals surface area contributed by atoms with Crippen LogP contribution in [0.2, 0.25) is 0 Å². The molecule has 5 rings (SSSR count). The molecule has 1 aromatic heterocycles. The van der Waals surface area contributed by atoms with Crippen LogP contribution in [-0.2, 0) is 11.2 Å². The first-order valence-corrected chi connectivity index (χ1v) is 19.2. The van der Waals surface area contributed by atoms with Crippen molar-refractivity contribution in [1.82, 2.24) is 19.8 Å². The van der Waals surface area contributed by atoms with Crippen molar-refractivity contribution in [2.45, 2.75) is 73.6 Å². The fourth-order valence-corrected chi connectivity index (χ4v) is 7.09. The van der Waals surface area contributed by atoms with Gasteiger partial charge in [0.25, 0.3) is 0 Å². The van der Waals surface area contributed by atoms with E-state index < -0.39 is 6.09 Å². The molecule has 1 fully saturated rings. The lowest BCUT2D eigenvalue weighted by Gasteiger charge is -2.26. The van der Waals surface area contributed by atoms with Gasteiger partial charge >= 0.3 is 6.09 Å². The topological polar surface area (TPSA) is 109 Å². The van der Waals surface area contributed by atoms with Crippen molar-refractivity contribution in [3.63, 3.8) is 0 Å². The Balaban J connectivity index is 1.40. The van der Waals surface area contributed by atoms with Crippen LogP contribution in [0.3, 0.4) is 0 Å². The minimum absolute atomic E-state index is 0.100. The van der Waals surface area contributed by atoms with Gasteiger partial charge in [0.05, 0.1) is 19.4 Å². The van der Waals surface area contributed by atoms with E-state index in [0.717, 1.165) is 46.7 Å². The lowest BCUT2D eigenvalue weighted by Crippen LogP contribution is -2.35. The molecule has 1 unspecified atom stereocenters. The molecule has 54 heavy (non-hydrogen) atoms. The predicted molar refractivity (Wildman–Crippen MR) is 215 cm³/mol. The monoisotopic (exact) mass is 736 g/mol. The Kier molecular flexibility index (Phi) is 14.3. The number of anilines is 4. The van der Waals surface area contributed by atoms with Crippen LogP contribution in [0.5, 0.6) is 17.2 Å². The summed E-state index contributed by atoms with van der Waals surface area (Å²) in [7, 11) is 1.56. The second kappa shape index (κ2) is 19.3. The smallest absolute Gasteiger partial charge is 0.425 e. The van der Waals surface area contributed by atoms with Gasteiger partial charge in [-0.15, -0.1) is 0 Å². The molecule has 2 amide bonds. The van der Waals surface area contributed by atoms with Gasteiger partial charge in [0.15, 0.2) is 0 Å². The third-order valence-corrected chi connectivity index (χ3v) is 9.80. The van der Waals surface area contributed by atoms with E-state index in [2.05, 4.69) is 15.2 Å². The average Bonchev–Trinajstić information content (AvgIpc) is 3.16. The van der Waals surface area contributed by atoms with Crippen LogP contribution in [0.4, 0.5) is 27.9 Å². The number of rotatable bonds is 16. The Morgan fingerprint density at radius 1 is 0.944 bits per heavy atom. The number of hydrogen-bond acceptors (Lipinski definition) is 9. The van der Waals surface area contributed by atoms with Crippen LogP contribution in [-0.4, -0.2) is 78.2 Å². The number of ether oxygens (including phenoxy) is 3. The summed E-state index contributed by atoms with van der Waals surface area (Å²) in [5.41, 5.74) is 4.84. The van der Waals surface area contributed by atoms with E-state index in [1.54, 1.807) is 25.4 Å². The molecule has 288 valence electrons. The van der Waals surface area contributed by atoms with Gasteiger partial charge in [0.2, 0.25) is 11.9 Å². The first-order chi connectivity index (χ1) is 26.1. The largest absolute Gasteiger partial charge is 0.495 e. The number of aromatic nitrogens is 2. The van der Waals surface area contributed by atoms with E-state index in [0.29, 0.717) is 43.3 Å². The zero-order chi connectivity index (χ0) is 38.6. The molecular weight excluding hydrogens is 681 g/mol. The van der Waals surface area contributed by atoms with Crippen LogP contribution in [0.15, 0.2) is 66.9 Å². The number of likely N-dealkylation sites (tertiary alicyclic amines) is 1. The number of carbonyl (C=O) groups excluding carboxylic acids is 2. The van der Waals surface area contributed by atoms with Gasteiger partial charge in [-0.3, -0.25) is 4.79 Å². The van der Waals surface area contributed by atoms with Gasteiger partial charge < -0.3 is 29.3 Å². The number of benzene rings is 3. The maximum Gasteiger partial charge on any atom is 0.425 e. The summed E-state index contributed by atoms with van der Waals surface area (Å²) in [4.78, 5) is 42.3. The van der Waals surface area contributed by atoms with Gasteiger partial charge in [-0.2, -0.15) is 4.98 Å². The third kappa shape index (κ3) is 10.5. The lowest BCUT2D eigenvalue weighted by atomic mass is 9.99. The summed E-state index contributed by atoms with van der Waals surface area (Å²) in [6, 6.07) is 18.9. The summed E-state index contributed by atoms with van der Waals surface area (Å²) < 4.78 is 18.1. The first kappa shape index (κ1) is 40.0. The zero-order valence-corrected chi connectivity index (χ0v) is 33.0. The number of nitrogens with zero attached hydrogens (tertiary/aromatic N) is 5. The molecule has 3 aromatic carbocycles. The second-order valence-corrected chi connectivity index (χ2v) is 14.0. The average molecular weight is 737 g/mol. The summed E-state index contributed by atoms with van der Waals surface area (Å²) >= 11 is 0. The van der Waals surface area contributed by atoms with Crippen molar-refractivity contribution in [3.05, 3.63) is 89.1 Å². The molecule has 4 aromatic rings. The summed E-state index contributed by atoms with van der Waals surface area (Å²) in [6.45, 7) is 17.1. The normalized spacial score (nSPS) is 13.5. The fourth-order valence-electron chi connectivity index (χ4n) is 7.09. The van der Waals surface area contributed by atoms with Crippen molar-refractivity contribution in [2.75, 3.05) is 56.7 Å². The molecule has 11 heteroatoms. The van der Waals surface area contributed by atoms with Gasteiger partial charge in [-0.1, -0.05) is 43.2 Å². The Hall–Kier alpha value is -5.16. The van der Waals surface area contributed by atoms with E-state index in [1.165, 1.54) is 37.3 Å². The molecule has 0 bridgehead atoms. The van der Waals surface area contributed by atoms with Crippen molar-refractivity contribution >= 4 is 35.1 Å². The van der Waals surface area contributed by atoms with Crippen LogP contribution in [0.1, 0.15) is 68.7 Å². The van der Waals surface area contributed by atoms with Crippen molar-refractivity contribution < 1.29 is 23.8 Å². The van der Waals surface area contributed by atoms with E-state index >= 15 is 0 Å². The minimum atomic E-state index is -0.661. The standard InChI is InChI=1S/C43H56N6O5/c1-8-48(9-2)41(50)33(6)27-34-17-18-37(38(28-34)52-7)49(43(51)54-40-31(4)25-30(3)26-32(40)5)39-19-20-44-42(46-39)45-35-15-13-16-36(29-35)53-24-14-23-47-21-11-10-12-22-47/h13,15-20,25-26,28-29,33H,8-12,14,21-24,27H2,1-7H3,(H,44,45,46). The number of piperidine rings is 1. The van der Waals surface area contributed by atoms with Crippen molar-refractivity contribution in [1.29, 1.82) is 0 Å². The Morgan fingerprint density at radius 2 is 1.69 bits per heavy atom. The zero-order valence-electron chi connectivity index (χ0n) is 33.0. The van der Waals surface area contributed by atoms with E-state index in [4.69, 9.17) is 19.2 Å². The molecule has 1 N–H and O–H groups in total. The van der Waals surface area contributed by atoms with Crippen LogP contribution in [0, 0.1) is 26.7 Å². The minimum Gasteiger partial charge on any atom is -0.495 e. The Morgan fingerprint density at radius 3 is 2.39 bits per heavy atom. The number of amides is 2. The Labute approximate surface area is 320 Å². The highest BCUT2D eigenvalue weighted by atomic mass is 16.6. The van der Waals surface area contributed by atoms with Crippen LogP contribution in [0.25, 0.3) is 0 Å². The molecule has 2 heterocycles. The van der Waals surface area contributed by atoms with E-state index in [-0.39, 0.29) is 23.6 Å². The molecule has 0 aliphatic carbocycles. The maximum absolute atomic E-state index is 14.3. The molecule has 11 nitrogen and oxygen atoms in total. The highest BCUT2D eigenvalue weighted by molar-refractivity contribution is 5.98. The van der Waals surface area contributed by atoms with Gasteiger partial charge in [-0.25, -0.2) is 14.7 Å². The lowest BCUT2D eigenvalue weighted by molar-refractivity contribution is -0.134. The Bertz CT molecular complexity index is 1850. The number of nitrogens with one attached hydrogen (secondary N) is 1. The fraction of sp³-hybridized carbons (Fsp3) is 0.442. The van der Waals surface area contributed by atoms with Crippen molar-refractivity contribution in [3.8, 4) is 17.2 Å². The quantitative estimate of drug-likeness (QED) is 0.113. The van der Waals surface area contributed by atoms with Gasteiger partial charge in [0.1, 0.15) is 23.1 Å². The van der Waals surface area contributed by atoms with E-state index in [9.17, 15) is 9.59 Å². The van der Waals surface area contributed by atoms with Gasteiger partial charge in [-0.05, 0) is 114 Å². The highest BCUT2D eigenvalue weighted by Crippen LogP contribution is 2.37. The molecule has 0 saturated carbocycles. The third-order valence-electron chi connectivity index (χ3n) is 9.80. The molecule has 1 saturated heterocycles. The van der Waals surface area contributed by atoms with Gasteiger partial charge in [0, 0.05) is 49.6 Å². The highest BCUT2D eigenvalue weighted by Gasteiger charge is 2.28. The number of methoxy groups -OCH3 is 1. The predicted octanol–water partition coefficient (Wildman–Crippen LogP) is 8.79. The summed E-state index contributed by atoms with van der Waals surface area (Å²) in [5, 5.41) is 3.28. The molecule has 1 aliphatic rings. The number of carbonyl (C=O) groups is 2. The van der Waals surface area contributed by atoms with Crippen molar-refractivity contribution in [2.24, 2.45) is 5.92 Å².